The molecule has 1 rings (SSSR count). The molecule has 1 heterocycles. The van der Waals surface area contributed by atoms with Gasteiger partial charge in [0.15, 0.2) is 15.7 Å². The standard InChI is InChI=1S/C9H17N3O3S/c1-9(2,10)5-4-8-11-7(12-15-8)6-16(3,13)14/h4-6,10H2,1-3H3. The quantitative estimate of drug-likeness (QED) is 0.802. The Labute approximate surface area is 95.1 Å². The van der Waals surface area contributed by atoms with Crippen molar-refractivity contribution >= 4 is 9.84 Å². The molecule has 16 heavy (non-hydrogen) atoms. The average Bonchev–Trinajstić information content (AvgIpc) is 2.44. The Bertz CT molecular complexity index is 445. The smallest absolute Gasteiger partial charge is 0.226 e. The van der Waals surface area contributed by atoms with E-state index in [1.807, 2.05) is 13.8 Å². The highest BCUT2D eigenvalue weighted by atomic mass is 32.2. The van der Waals surface area contributed by atoms with Crippen LogP contribution in [0.25, 0.3) is 0 Å². The molecule has 0 aliphatic heterocycles. The van der Waals surface area contributed by atoms with E-state index >= 15 is 0 Å². The first-order chi connectivity index (χ1) is 7.16. The van der Waals surface area contributed by atoms with Gasteiger partial charge in [-0.25, -0.2) is 8.42 Å². The Morgan fingerprint density at radius 1 is 1.44 bits per heavy atom. The largest absolute Gasteiger partial charge is 0.339 e. The molecule has 0 bridgehead atoms. The Morgan fingerprint density at radius 2 is 2.06 bits per heavy atom. The lowest BCUT2D eigenvalue weighted by atomic mass is 10.0. The first-order valence-corrected chi connectivity index (χ1v) is 7.00. The molecular weight excluding hydrogens is 230 g/mol. The van der Waals surface area contributed by atoms with Gasteiger partial charge in [-0.3, -0.25) is 0 Å². The Hall–Kier alpha value is -0.950. The fourth-order valence-corrected chi connectivity index (χ4v) is 1.70. The summed E-state index contributed by atoms with van der Waals surface area (Å²) in [4.78, 5) is 3.99. The molecule has 0 saturated carbocycles. The van der Waals surface area contributed by atoms with E-state index in [4.69, 9.17) is 10.3 Å². The highest BCUT2D eigenvalue weighted by molar-refractivity contribution is 7.89. The third-order valence-electron chi connectivity index (χ3n) is 1.88. The summed E-state index contributed by atoms with van der Waals surface area (Å²) >= 11 is 0. The summed E-state index contributed by atoms with van der Waals surface area (Å²) < 4.78 is 26.9. The number of nitrogens with zero attached hydrogens (tertiary/aromatic N) is 2. The van der Waals surface area contributed by atoms with Crippen molar-refractivity contribution in [2.45, 2.75) is 38.0 Å². The highest BCUT2D eigenvalue weighted by Gasteiger charge is 2.15. The number of nitrogens with two attached hydrogens (primary N) is 1. The summed E-state index contributed by atoms with van der Waals surface area (Å²) in [5.41, 5.74) is 5.51. The van der Waals surface area contributed by atoms with Gasteiger partial charge in [0.25, 0.3) is 0 Å². The minimum absolute atomic E-state index is 0.192. The summed E-state index contributed by atoms with van der Waals surface area (Å²) in [6, 6.07) is 0. The minimum Gasteiger partial charge on any atom is -0.339 e. The van der Waals surface area contributed by atoms with Crippen molar-refractivity contribution in [1.82, 2.24) is 10.1 Å². The third kappa shape index (κ3) is 5.22. The van der Waals surface area contributed by atoms with Crippen LogP contribution >= 0.6 is 0 Å². The van der Waals surface area contributed by atoms with Crippen LogP contribution in [-0.2, 0) is 22.0 Å². The summed E-state index contributed by atoms with van der Waals surface area (Å²) in [6.07, 6.45) is 2.39. The van der Waals surface area contributed by atoms with Crippen LogP contribution in [0, 0.1) is 0 Å². The van der Waals surface area contributed by atoms with Gasteiger partial charge in [-0.15, -0.1) is 0 Å². The molecule has 7 heteroatoms. The van der Waals surface area contributed by atoms with Crippen LogP contribution in [0.4, 0.5) is 0 Å². The van der Waals surface area contributed by atoms with Crippen LogP contribution in [0.2, 0.25) is 0 Å². The SMILES string of the molecule is CC(C)(N)CCc1nc(CS(C)(=O)=O)no1. The molecular formula is C9H17N3O3S. The number of sulfone groups is 1. The summed E-state index contributed by atoms with van der Waals surface area (Å²) in [6.45, 7) is 3.81. The normalized spacial score (nSPS) is 13.0. The highest BCUT2D eigenvalue weighted by Crippen LogP contribution is 2.10. The lowest BCUT2D eigenvalue weighted by molar-refractivity contribution is 0.355. The van der Waals surface area contributed by atoms with Crippen molar-refractivity contribution in [3.8, 4) is 0 Å². The molecule has 1 aromatic rings. The zero-order valence-electron chi connectivity index (χ0n) is 9.73. The van der Waals surface area contributed by atoms with E-state index in [1.165, 1.54) is 0 Å². The monoisotopic (exact) mass is 247 g/mol. The van der Waals surface area contributed by atoms with Gasteiger partial charge in [0.1, 0.15) is 5.75 Å². The number of aromatic nitrogens is 2. The van der Waals surface area contributed by atoms with Crippen LogP contribution in [0.15, 0.2) is 4.52 Å². The second-order valence-electron chi connectivity index (χ2n) is 4.66. The van der Waals surface area contributed by atoms with Crippen molar-refractivity contribution in [2.75, 3.05) is 6.26 Å². The molecule has 0 aliphatic rings. The fraction of sp³-hybridized carbons (Fsp3) is 0.778. The first kappa shape index (κ1) is 13.1. The number of hydrogen-bond acceptors (Lipinski definition) is 6. The number of rotatable bonds is 5. The molecule has 6 nitrogen and oxygen atoms in total. The predicted molar refractivity (Wildman–Crippen MR) is 59.4 cm³/mol. The van der Waals surface area contributed by atoms with Gasteiger partial charge in [-0.1, -0.05) is 5.16 Å². The molecule has 0 radical (unpaired) electrons. The second kappa shape index (κ2) is 4.50. The Balaban J connectivity index is 2.59. The molecule has 0 aromatic carbocycles. The van der Waals surface area contributed by atoms with E-state index in [0.29, 0.717) is 18.7 Å². The Morgan fingerprint density at radius 3 is 2.56 bits per heavy atom. The van der Waals surface area contributed by atoms with Gasteiger partial charge in [-0.05, 0) is 20.3 Å². The van der Waals surface area contributed by atoms with Crippen LogP contribution in [0.3, 0.4) is 0 Å². The molecule has 2 N–H and O–H groups in total. The van der Waals surface area contributed by atoms with E-state index in [-0.39, 0.29) is 17.1 Å². The number of aryl methyl sites for hydroxylation is 1. The molecule has 1 aromatic heterocycles. The Kier molecular flexibility index (Phi) is 3.69. The second-order valence-corrected chi connectivity index (χ2v) is 6.80. The van der Waals surface area contributed by atoms with Gasteiger partial charge in [-0.2, -0.15) is 4.98 Å². The molecule has 0 spiro atoms. The van der Waals surface area contributed by atoms with Crippen molar-refractivity contribution in [3.05, 3.63) is 11.7 Å². The maximum atomic E-state index is 11.0. The lowest BCUT2D eigenvalue weighted by Crippen LogP contribution is -2.32. The van der Waals surface area contributed by atoms with Crippen LogP contribution in [-0.4, -0.2) is 30.4 Å². The van der Waals surface area contributed by atoms with Crippen LogP contribution < -0.4 is 5.73 Å². The van der Waals surface area contributed by atoms with E-state index in [0.717, 1.165) is 6.26 Å². The molecule has 92 valence electrons. The first-order valence-electron chi connectivity index (χ1n) is 4.94. The zero-order valence-corrected chi connectivity index (χ0v) is 10.5. The molecule has 0 saturated heterocycles. The summed E-state index contributed by atoms with van der Waals surface area (Å²) in [5, 5.41) is 3.60. The minimum atomic E-state index is -3.12. The maximum absolute atomic E-state index is 11.0. The molecule has 0 unspecified atom stereocenters. The van der Waals surface area contributed by atoms with Gasteiger partial charge < -0.3 is 10.3 Å². The van der Waals surface area contributed by atoms with Gasteiger partial charge in [0.05, 0.1) is 0 Å². The summed E-state index contributed by atoms with van der Waals surface area (Å²) in [7, 11) is -3.12. The van der Waals surface area contributed by atoms with Crippen molar-refractivity contribution in [3.63, 3.8) is 0 Å². The van der Waals surface area contributed by atoms with Crippen LogP contribution in [0.1, 0.15) is 32.0 Å². The topological polar surface area (TPSA) is 99.1 Å². The van der Waals surface area contributed by atoms with Crippen LogP contribution in [0.5, 0.6) is 0 Å². The molecule has 0 aliphatic carbocycles. The lowest BCUT2D eigenvalue weighted by Gasteiger charge is -2.16. The maximum Gasteiger partial charge on any atom is 0.226 e. The van der Waals surface area contributed by atoms with Gasteiger partial charge in [0, 0.05) is 18.2 Å². The third-order valence-corrected chi connectivity index (χ3v) is 2.67. The molecule has 0 atom stereocenters. The fourth-order valence-electron chi connectivity index (χ4n) is 1.11. The van der Waals surface area contributed by atoms with E-state index < -0.39 is 9.84 Å². The van der Waals surface area contributed by atoms with Crippen molar-refractivity contribution in [1.29, 1.82) is 0 Å². The predicted octanol–water partition coefficient (Wildman–Crippen LogP) is 0.284. The van der Waals surface area contributed by atoms with E-state index in [2.05, 4.69) is 10.1 Å². The van der Waals surface area contributed by atoms with Gasteiger partial charge in [0.2, 0.25) is 5.89 Å². The van der Waals surface area contributed by atoms with Crippen molar-refractivity contribution < 1.29 is 12.9 Å². The zero-order chi connectivity index (χ0) is 12.4. The van der Waals surface area contributed by atoms with E-state index in [9.17, 15) is 8.42 Å². The average molecular weight is 247 g/mol. The molecule has 0 amide bonds. The van der Waals surface area contributed by atoms with Crippen molar-refractivity contribution in [2.24, 2.45) is 5.73 Å². The van der Waals surface area contributed by atoms with Gasteiger partial charge >= 0.3 is 0 Å². The molecule has 0 fully saturated rings. The summed E-state index contributed by atoms with van der Waals surface area (Å²) in [5.74, 6) is 0.437. The number of hydrogen-bond donors (Lipinski definition) is 1. The van der Waals surface area contributed by atoms with E-state index in [1.54, 1.807) is 0 Å².